The summed E-state index contributed by atoms with van der Waals surface area (Å²) in [6.45, 7) is 1.24. The van der Waals surface area contributed by atoms with Crippen molar-refractivity contribution in [2.24, 2.45) is 0 Å². The van der Waals surface area contributed by atoms with E-state index in [0.717, 1.165) is 12.5 Å². The van der Waals surface area contributed by atoms with Crippen LogP contribution < -0.4 is 10.2 Å². The number of rotatable bonds is 10. The number of hydrogen-bond donors (Lipinski definition) is 2. The second kappa shape index (κ2) is 7.67. The monoisotopic (exact) mass is 338 g/mol. The molecular formula is C7H19N2O7PS2. The van der Waals surface area contributed by atoms with E-state index in [-0.39, 0.29) is 26.3 Å². The minimum absolute atomic E-state index is 0.0702. The summed E-state index contributed by atoms with van der Waals surface area (Å²) in [4.78, 5) is 0. The largest absolute Gasteiger partial charge is 0.290 e. The minimum Gasteiger partial charge on any atom is -0.290 e. The van der Waals surface area contributed by atoms with Gasteiger partial charge in [-0.2, -0.15) is 16.8 Å². The maximum atomic E-state index is 11.8. The minimum atomic E-state index is -3.52. The lowest BCUT2D eigenvalue weighted by Crippen LogP contribution is -2.28. The molecule has 0 rings (SSSR count). The van der Waals surface area contributed by atoms with Crippen molar-refractivity contribution in [2.75, 3.05) is 45.5 Å². The van der Waals surface area contributed by atoms with Gasteiger partial charge in [0.05, 0.1) is 25.7 Å². The van der Waals surface area contributed by atoms with Gasteiger partial charge >= 0.3 is 0 Å². The van der Waals surface area contributed by atoms with Crippen LogP contribution in [0.1, 0.15) is 0 Å². The second-order valence-electron chi connectivity index (χ2n) is 3.79. The molecule has 0 heterocycles. The maximum Gasteiger partial charge on any atom is 0.264 e. The Bertz CT molecular complexity index is 472. The predicted molar refractivity (Wildman–Crippen MR) is 71.1 cm³/mol. The van der Waals surface area contributed by atoms with Gasteiger partial charge in [0.15, 0.2) is 0 Å². The van der Waals surface area contributed by atoms with Crippen molar-refractivity contribution in [2.45, 2.75) is 0 Å². The molecule has 116 valence electrons. The van der Waals surface area contributed by atoms with Crippen LogP contribution in [-0.2, 0) is 33.2 Å². The van der Waals surface area contributed by atoms with Crippen molar-refractivity contribution in [3.63, 3.8) is 0 Å². The number of nitrogens with one attached hydrogen (secondary N) is 2. The molecule has 0 aliphatic heterocycles. The van der Waals surface area contributed by atoms with E-state index in [1.54, 1.807) is 0 Å². The molecule has 0 saturated heterocycles. The van der Waals surface area contributed by atoms with Gasteiger partial charge in [-0.05, 0) is 0 Å². The highest BCUT2D eigenvalue weighted by Crippen LogP contribution is 2.28. The molecule has 12 heteroatoms. The van der Waals surface area contributed by atoms with Gasteiger partial charge < -0.3 is 0 Å². The molecule has 0 aromatic heterocycles. The first kappa shape index (κ1) is 19.0. The molecule has 0 spiro atoms. The summed E-state index contributed by atoms with van der Waals surface area (Å²) in [5.74, 6) is 0. The topological polar surface area (TPSA) is 128 Å². The molecule has 0 atom stereocenters. The lowest BCUT2D eigenvalue weighted by molar-refractivity contribution is 0.323. The molecule has 0 saturated carbocycles. The molecule has 0 unspecified atom stereocenters. The molecule has 0 aliphatic rings. The van der Waals surface area contributed by atoms with Crippen LogP contribution in [0, 0.1) is 0 Å². The Morgan fingerprint density at radius 3 is 1.47 bits per heavy atom. The lowest BCUT2D eigenvalue weighted by Gasteiger charge is -2.15. The Morgan fingerprint density at radius 1 is 0.895 bits per heavy atom. The van der Waals surface area contributed by atoms with Crippen LogP contribution in [0.25, 0.3) is 0 Å². The van der Waals surface area contributed by atoms with Gasteiger partial charge in [-0.3, -0.25) is 23.1 Å². The molecular weight excluding hydrogens is 319 g/mol. The highest BCUT2D eigenvalue weighted by Gasteiger charge is 2.13. The summed E-state index contributed by atoms with van der Waals surface area (Å²) in [7, 11) is -9.94. The average Bonchev–Trinajstić information content (AvgIpc) is 2.17. The standard InChI is InChI=1S/C7H19N2O7PS2/c1-17(10,8-4-6-15-18(2,11)12)9-5-7-16-19(3,13)14/h4-7H2,1-3H3,(H2,8,9,10). The Kier molecular flexibility index (Phi) is 7.66. The van der Waals surface area contributed by atoms with Crippen LogP contribution in [0.3, 0.4) is 0 Å². The van der Waals surface area contributed by atoms with Crippen LogP contribution in [0.4, 0.5) is 0 Å². The van der Waals surface area contributed by atoms with Crippen molar-refractivity contribution in [1.82, 2.24) is 10.2 Å². The average molecular weight is 338 g/mol. The van der Waals surface area contributed by atoms with Crippen LogP contribution in [-0.4, -0.2) is 62.3 Å². The van der Waals surface area contributed by atoms with Crippen molar-refractivity contribution >= 4 is 27.7 Å². The van der Waals surface area contributed by atoms with Crippen molar-refractivity contribution in [1.29, 1.82) is 0 Å². The van der Waals surface area contributed by atoms with E-state index in [9.17, 15) is 21.4 Å². The zero-order valence-electron chi connectivity index (χ0n) is 10.9. The third kappa shape index (κ3) is 14.2. The Labute approximate surface area is 113 Å². The molecule has 0 bridgehead atoms. The Balaban J connectivity index is 3.84. The third-order valence-electron chi connectivity index (χ3n) is 1.63. The summed E-state index contributed by atoms with van der Waals surface area (Å²) in [6.07, 6.45) is 1.83. The first-order valence-electron chi connectivity index (χ1n) is 5.18. The normalized spacial score (nSPS) is 13.6. The molecule has 0 aromatic rings. The highest BCUT2D eigenvalue weighted by molar-refractivity contribution is 7.86. The first-order chi connectivity index (χ1) is 8.41. The number of hydrogen-bond acceptors (Lipinski definition) is 7. The van der Waals surface area contributed by atoms with E-state index >= 15 is 0 Å². The van der Waals surface area contributed by atoms with Gasteiger partial charge in [0.25, 0.3) is 20.2 Å². The predicted octanol–water partition coefficient (Wildman–Crippen LogP) is -1.06. The molecule has 9 nitrogen and oxygen atoms in total. The van der Waals surface area contributed by atoms with E-state index in [1.165, 1.54) is 6.66 Å². The maximum absolute atomic E-state index is 11.8. The third-order valence-corrected chi connectivity index (χ3v) is 4.47. The summed E-state index contributed by atoms with van der Waals surface area (Å²) in [5.41, 5.74) is 0. The second-order valence-corrected chi connectivity index (χ2v) is 9.56. The fraction of sp³-hybridized carbons (Fsp3) is 1.00. The first-order valence-corrected chi connectivity index (χ1v) is 11.0. The molecule has 0 aromatic carbocycles. The van der Waals surface area contributed by atoms with Crippen molar-refractivity contribution in [3.8, 4) is 0 Å². The Hall–Kier alpha value is -0.0300. The summed E-state index contributed by atoms with van der Waals surface area (Å²) < 4.78 is 63.3. The van der Waals surface area contributed by atoms with E-state index in [1.807, 2.05) is 0 Å². The Morgan fingerprint density at radius 2 is 1.21 bits per heavy atom. The van der Waals surface area contributed by atoms with Gasteiger partial charge in [0.1, 0.15) is 0 Å². The fourth-order valence-electron chi connectivity index (χ4n) is 0.960. The fourth-order valence-corrected chi connectivity index (χ4v) is 2.88. The van der Waals surface area contributed by atoms with Gasteiger partial charge in [-0.1, -0.05) is 0 Å². The van der Waals surface area contributed by atoms with E-state index in [0.29, 0.717) is 0 Å². The van der Waals surface area contributed by atoms with Gasteiger partial charge in [-0.15, -0.1) is 0 Å². The SMILES string of the molecule is CP(=O)(NCCOS(C)(=O)=O)NCCOS(C)(=O)=O. The van der Waals surface area contributed by atoms with Crippen molar-refractivity contribution < 1.29 is 29.8 Å². The summed E-state index contributed by atoms with van der Waals surface area (Å²) in [6, 6.07) is 0. The van der Waals surface area contributed by atoms with Gasteiger partial charge in [-0.25, -0.2) is 0 Å². The molecule has 0 radical (unpaired) electrons. The zero-order valence-corrected chi connectivity index (χ0v) is 13.5. The molecule has 0 fully saturated rings. The van der Waals surface area contributed by atoms with Crippen LogP contribution in [0.5, 0.6) is 0 Å². The van der Waals surface area contributed by atoms with Crippen molar-refractivity contribution in [3.05, 3.63) is 0 Å². The van der Waals surface area contributed by atoms with Crippen LogP contribution >= 0.6 is 7.44 Å². The zero-order chi connectivity index (χ0) is 15.2. The quantitative estimate of drug-likeness (QED) is 0.291. The molecule has 0 amide bonds. The van der Waals surface area contributed by atoms with E-state index in [4.69, 9.17) is 0 Å². The van der Waals surface area contributed by atoms with Crippen LogP contribution in [0.15, 0.2) is 0 Å². The summed E-state index contributed by atoms with van der Waals surface area (Å²) >= 11 is 0. The smallest absolute Gasteiger partial charge is 0.264 e. The summed E-state index contributed by atoms with van der Waals surface area (Å²) in [5, 5.41) is 5.16. The highest BCUT2D eigenvalue weighted by atomic mass is 32.2. The van der Waals surface area contributed by atoms with Gasteiger partial charge in [0, 0.05) is 19.8 Å². The van der Waals surface area contributed by atoms with E-state index in [2.05, 4.69) is 18.5 Å². The van der Waals surface area contributed by atoms with Gasteiger partial charge in [0.2, 0.25) is 7.44 Å². The molecule has 2 N–H and O–H groups in total. The lowest BCUT2D eigenvalue weighted by atomic mass is 10.8. The molecule has 0 aliphatic carbocycles. The van der Waals surface area contributed by atoms with Crippen LogP contribution in [0.2, 0.25) is 0 Å². The van der Waals surface area contributed by atoms with E-state index < -0.39 is 27.7 Å². The molecule has 19 heavy (non-hydrogen) atoms.